The SMILES string of the molecule is Cn1ccc(CC(=O)N2CCN(C(=O)CC(C)(C)C)CC2)c1. The molecule has 0 bridgehead atoms. The van der Waals surface area contributed by atoms with Gasteiger partial charge in [0, 0.05) is 52.0 Å². The summed E-state index contributed by atoms with van der Waals surface area (Å²) in [5.74, 6) is 0.344. The lowest BCUT2D eigenvalue weighted by Gasteiger charge is -2.36. The number of nitrogens with zero attached hydrogens (tertiary/aromatic N) is 3. The molecule has 22 heavy (non-hydrogen) atoms. The van der Waals surface area contributed by atoms with E-state index < -0.39 is 0 Å². The lowest BCUT2D eigenvalue weighted by molar-refractivity contribution is -0.140. The molecule has 0 saturated carbocycles. The van der Waals surface area contributed by atoms with Gasteiger partial charge in [0.05, 0.1) is 6.42 Å². The van der Waals surface area contributed by atoms with E-state index in [9.17, 15) is 9.59 Å². The number of amides is 2. The molecule has 122 valence electrons. The minimum absolute atomic E-state index is 0.0113. The topological polar surface area (TPSA) is 45.6 Å². The van der Waals surface area contributed by atoms with Crippen molar-refractivity contribution < 1.29 is 9.59 Å². The van der Waals surface area contributed by atoms with Gasteiger partial charge in [-0.25, -0.2) is 0 Å². The Kier molecular flexibility index (Phi) is 4.94. The quantitative estimate of drug-likeness (QED) is 0.853. The zero-order chi connectivity index (χ0) is 16.3. The second kappa shape index (κ2) is 6.55. The second-order valence-electron chi connectivity index (χ2n) is 7.36. The first kappa shape index (κ1) is 16.6. The Morgan fingerprint density at radius 3 is 2.05 bits per heavy atom. The number of carbonyl (C=O) groups is 2. The molecule has 2 heterocycles. The van der Waals surface area contributed by atoms with E-state index in [1.165, 1.54) is 0 Å². The molecule has 1 fully saturated rings. The predicted octanol–water partition coefficient (Wildman–Crippen LogP) is 1.67. The minimum atomic E-state index is 0.0113. The van der Waals surface area contributed by atoms with E-state index in [0.717, 1.165) is 5.56 Å². The van der Waals surface area contributed by atoms with Crippen molar-refractivity contribution in [3.8, 4) is 0 Å². The molecule has 1 saturated heterocycles. The third kappa shape index (κ3) is 4.61. The van der Waals surface area contributed by atoms with Gasteiger partial charge >= 0.3 is 0 Å². The Labute approximate surface area is 132 Å². The summed E-state index contributed by atoms with van der Waals surface area (Å²) in [6, 6.07) is 1.97. The Morgan fingerprint density at radius 1 is 1.05 bits per heavy atom. The lowest BCUT2D eigenvalue weighted by atomic mass is 9.91. The highest BCUT2D eigenvalue weighted by molar-refractivity contribution is 5.80. The fourth-order valence-corrected chi connectivity index (χ4v) is 2.72. The van der Waals surface area contributed by atoms with Crippen LogP contribution in [-0.2, 0) is 23.1 Å². The van der Waals surface area contributed by atoms with Crippen molar-refractivity contribution in [1.82, 2.24) is 14.4 Å². The smallest absolute Gasteiger partial charge is 0.227 e. The van der Waals surface area contributed by atoms with Gasteiger partial charge in [-0.1, -0.05) is 20.8 Å². The molecule has 0 aromatic carbocycles. The zero-order valence-corrected chi connectivity index (χ0v) is 14.1. The first-order valence-electron chi connectivity index (χ1n) is 7.91. The average molecular weight is 305 g/mol. The molecule has 0 aliphatic carbocycles. The van der Waals surface area contributed by atoms with Crippen molar-refractivity contribution in [1.29, 1.82) is 0 Å². The maximum absolute atomic E-state index is 12.3. The summed E-state index contributed by atoms with van der Waals surface area (Å²) in [5.41, 5.74) is 1.05. The van der Waals surface area contributed by atoms with Crippen LogP contribution in [0.5, 0.6) is 0 Å². The van der Waals surface area contributed by atoms with Crippen LogP contribution in [0.25, 0.3) is 0 Å². The number of hydrogen-bond donors (Lipinski definition) is 0. The van der Waals surface area contributed by atoms with Gasteiger partial charge in [-0.05, 0) is 17.0 Å². The van der Waals surface area contributed by atoms with E-state index in [1.807, 2.05) is 39.9 Å². The monoisotopic (exact) mass is 305 g/mol. The van der Waals surface area contributed by atoms with Gasteiger partial charge in [-0.15, -0.1) is 0 Å². The molecule has 2 amide bonds. The molecule has 0 radical (unpaired) electrons. The lowest BCUT2D eigenvalue weighted by Crippen LogP contribution is -2.51. The number of aryl methyl sites for hydroxylation is 1. The number of rotatable bonds is 3. The average Bonchev–Trinajstić information content (AvgIpc) is 2.82. The van der Waals surface area contributed by atoms with Gasteiger partial charge in [0.2, 0.25) is 11.8 Å². The third-order valence-electron chi connectivity index (χ3n) is 3.92. The van der Waals surface area contributed by atoms with Gasteiger partial charge in [-0.2, -0.15) is 0 Å². The normalized spacial score (nSPS) is 16.0. The molecule has 0 unspecified atom stereocenters. The molecule has 1 aromatic rings. The van der Waals surface area contributed by atoms with E-state index in [-0.39, 0.29) is 17.2 Å². The van der Waals surface area contributed by atoms with Crippen molar-refractivity contribution in [2.24, 2.45) is 12.5 Å². The van der Waals surface area contributed by atoms with Crippen LogP contribution in [0.15, 0.2) is 18.5 Å². The molecule has 0 N–H and O–H groups in total. The van der Waals surface area contributed by atoms with Gasteiger partial charge < -0.3 is 14.4 Å². The van der Waals surface area contributed by atoms with E-state index in [0.29, 0.717) is 39.0 Å². The molecule has 5 nitrogen and oxygen atoms in total. The Bertz CT molecular complexity index is 534. The van der Waals surface area contributed by atoms with E-state index in [4.69, 9.17) is 0 Å². The molecular formula is C17H27N3O2. The van der Waals surface area contributed by atoms with Crippen LogP contribution < -0.4 is 0 Å². The first-order valence-corrected chi connectivity index (χ1v) is 7.91. The largest absolute Gasteiger partial charge is 0.357 e. The zero-order valence-electron chi connectivity index (χ0n) is 14.1. The molecule has 0 atom stereocenters. The van der Waals surface area contributed by atoms with Gasteiger partial charge in [0.25, 0.3) is 0 Å². The van der Waals surface area contributed by atoms with Crippen LogP contribution in [0.1, 0.15) is 32.8 Å². The van der Waals surface area contributed by atoms with Crippen LogP contribution >= 0.6 is 0 Å². The summed E-state index contributed by atoms with van der Waals surface area (Å²) in [5, 5.41) is 0. The third-order valence-corrected chi connectivity index (χ3v) is 3.92. The van der Waals surface area contributed by atoms with Crippen molar-refractivity contribution in [2.45, 2.75) is 33.6 Å². The van der Waals surface area contributed by atoms with E-state index in [1.54, 1.807) is 0 Å². The minimum Gasteiger partial charge on any atom is -0.357 e. The molecule has 5 heteroatoms. The van der Waals surface area contributed by atoms with Gasteiger partial charge in [-0.3, -0.25) is 9.59 Å². The molecule has 2 rings (SSSR count). The number of hydrogen-bond acceptors (Lipinski definition) is 2. The maximum Gasteiger partial charge on any atom is 0.227 e. The van der Waals surface area contributed by atoms with Crippen LogP contribution in [0.2, 0.25) is 0 Å². The van der Waals surface area contributed by atoms with Crippen molar-refractivity contribution >= 4 is 11.8 Å². The molecule has 1 aliphatic rings. The summed E-state index contributed by atoms with van der Waals surface area (Å²) in [4.78, 5) is 28.3. The summed E-state index contributed by atoms with van der Waals surface area (Å²) in [6.07, 6.45) is 4.93. The second-order valence-corrected chi connectivity index (χ2v) is 7.36. The first-order chi connectivity index (χ1) is 10.2. The van der Waals surface area contributed by atoms with Crippen molar-refractivity contribution in [3.05, 3.63) is 24.0 Å². The van der Waals surface area contributed by atoms with Gasteiger partial charge in [0.1, 0.15) is 0 Å². The Hall–Kier alpha value is -1.78. The fourth-order valence-electron chi connectivity index (χ4n) is 2.72. The van der Waals surface area contributed by atoms with Crippen LogP contribution in [-0.4, -0.2) is 52.4 Å². The standard InChI is InChI=1S/C17H27N3O2/c1-17(2,3)12-16(22)20-9-7-19(8-10-20)15(21)11-14-5-6-18(4)13-14/h5-6,13H,7-12H2,1-4H3. The summed E-state index contributed by atoms with van der Waals surface area (Å²) < 4.78 is 1.95. The highest BCUT2D eigenvalue weighted by Gasteiger charge is 2.26. The van der Waals surface area contributed by atoms with Crippen LogP contribution in [0.4, 0.5) is 0 Å². The molecule has 0 spiro atoms. The Morgan fingerprint density at radius 2 is 1.59 bits per heavy atom. The number of carbonyl (C=O) groups excluding carboxylic acids is 2. The van der Waals surface area contributed by atoms with Gasteiger partial charge in [0.15, 0.2) is 0 Å². The van der Waals surface area contributed by atoms with Crippen LogP contribution in [0.3, 0.4) is 0 Å². The molecule has 1 aromatic heterocycles. The molecule has 1 aliphatic heterocycles. The van der Waals surface area contributed by atoms with Crippen LogP contribution in [0, 0.1) is 5.41 Å². The number of aromatic nitrogens is 1. The van der Waals surface area contributed by atoms with E-state index in [2.05, 4.69) is 20.8 Å². The number of piperazine rings is 1. The van der Waals surface area contributed by atoms with E-state index >= 15 is 0 Å². The summed E-state index contributed by atoms with van der Waals surface area (Å²) in [6.45, 7) is 8.80. The molecular weight excluding hydrogens is 278 g/mol. The van der Waals surface area contributed by atoms with Crippen molar-refractivity contribution in [2.75, 3.05) is 26.2 Å². The summed E-state index contributed by atoms with van der Waals surface area (Å²) in [7, 11) is 1.95. The highest BCUT2D eigenvalue weighted by atomic mass is 16.2. The maximum atomic E-state index is 12.3. The fraction of sp³-hybridized carbons (Fsp3) is 0.647. The highest BCUT2D eigenvalue weighted by Crippen LogP contribution is 2.20. The Balaban J connectivity index is 1.81. The van der Waals surface area contributed by atoms with Crippen molar-refractivity contribution in [3.63, 3.8) is 0 Å². The summed E-state index contributed by atoms with van der Waals surface area (Å²) >= 11 is 0. The predicted molar refractivity (Wildman–Crippen MR) is 86.3 cm³/mol.